The van der Waals surface area contributed by atoms with Gasteiger partial charge in [0.1, 0.15) is 17.3 Å². The van der Waals surface area contributed by atoms with Crippen molar-refractivity contribution in [3.8, 4) is 6.07 Å². The third kappa shape index (κ3) is 2.14. The number of halogens is 3. The highest BCUT2D eigenvalue weighted by molar-refractivity contribution is 9.08. The van der Waals surface area contributed by atoms with E-state index in [0.717, 1.165) is 6.20 Å². The highest BCUT2D eigenvalue weighted by atomic mass is 79.9. The fraction of sp³-hybridized carbons (Fsp3) is 0.250. The summed E-state index contributed by atoms with van der Waals surface area (Å²) in [7, 11) is 0. The van der Waals surface area contributed by atoms with Gasteiger partial charge in [0.25, 0.3) is 12.1 Å². The van der Waals surface area contributed by atoms with Crippen LogP contribution in [-0.2, 0) is 5.33 Å². The molecule has 0 radical (unpaired) electrons. The van der Waals surface area contributed by atoms with E-state index >= 15 is 0 Å². The van der Waals surface area contributed by atoms with Gasteiger partial charge in [0.2, 0.25) is 0 Å². The number of alkyl halides is 3. The van der Waals surface area contributed by atoms with Crippen LogP contribution >= 0.6 is 15.9 Å². The van der Waals surface area contributed by atoms with Crippen molar-refractivity contribution < 1.29 is 13.7 Å². The largest absolute Gasteiger partial charge is 0.294 e. The zero-order valence-electron chi connectivity index (χ0n) is 7.65. The SMILES string of the molecule is N#Cc1cnc(C(F)F)c(CBr)c1[N+](=O)[O-]. The molecule has 0 saturated carbocycles. The summed E-state index contributed by atoms with van der Waals surface area (Å²) >= 11 is 2.87. The second-order valence-electron chi connectivity index (χ2n) is 2.69. The van der Waals surface area contributed by atoms with Crippen molar-refractivity contribution in [2.45, 2.75) is 11.8 Å². The van der Waals surface area contributed by atoms with Gasteiger partial charge in [0.05, 0.1) is 16.7 Å². The Labute approximate surface area is 97.0 Å². The topological polar surface area (TPSA) is 79.8 Å². The molecule has 1 aromatic rings. The summed E-state index contributed by atoms with van der Waals surface area (Å²) < 4.78 is 25.0. The Bertz CT molecular complexity index is 473. The van der Waals surface area contributed by atoms with Crippen LogP contribution in [-0.4, -0.2) is 9.91 Å². The minimum atomic E-state index is -2.92. The van der Waals surface area contributed by atoms with Crippen molar-refractivity contribution >= 4 is 21.6 Å². The Morgan fingerprint density at radius 3 is 2.69 bits per heavy atom. The molecule has 1 heterocycles. The van der Waals surface area contributed by atoms with E-state index in [4.69, 9.17) is 5.26 Å². The lowest BCUT2D eigenvalue weighted by Crippen LogP contribution is -2.04. The lowest BCUT2D eigenvalue weighted by molar-refractivity contribution is -0.385. The maximum Gasteiger partial charge on any atom is 0.294 e. The molecule has 84 valence electrons. The number of nitro groups is 1. The first-order valence-corrected chi connectivity index (χ1v) is 5.05. The number of pyridine rings is 1. The summed E-state index contributed by atoms with van der Waals surface area (Å²) in [4.78, 5) is 13.2. The minimum absolute atomic E-state index is 0.161. The van der Waals surface area contributed by atoms with E-state index in [1.165, 1.54) is 0 Å². The Balaban J connectivity index is 3.58. The van der Waals surface area contributed by atoms with Crippen molar-refractivity contribution in [3.63, 3.8) is 0 Å². The van der Waals surface area contributed by atoms with Crippen LogP contribution in [0.3, 0.4) is 0 Å². The van der Waals surface area contributed by atoms with Crippen molar-refractivity contribution in [3.05, 3.63) is 33.1 Å². The molecule has 5 nitrogen and oxygen atoms in total. The molecule has 0 spiro atoms. The Morgan fingerprint density at radius 1 is 1.69 bits per heavy atom. The molecule has 0 fully saturated rings. The average Bonchev–Trinajstić information content (AvgIpc) is 2.26. The highest BCUT2D eigenvalue weighted by Crippen LogP contribution is 2.32. The van der Waals surface area contributed by atoms with Crippen LogP contribution in [0.4, 0.5) is 14.5 Å². The fourth-order valence-corrected chi connectivity index (χ4v) is 1.72. The summed E-state index contributed by atoms with van der Waals surface area (Å²) in [5.74, 6) is 0. The van der Waals surface area contributed by atoms with Gasteiger partial charge in [-0.3, -0.25) is 15.1 Å². The fourth-order valence-electron chi connectivity index (χ4n) is 1.17. The van der Waals surface area contributed by atoms with Crippen LogP contribution < -0.4 is 0 Å². The third-order valence-corrected chi connectivity index (χ3v) is 2.39. The van der Waals surface area contributed by atoms with E-state index in [2.05, 4.69) is 20.9 Å². The standard InChI is InChI=1S/C8H4BrF2N3O2/c9-1-5-6(8(10)11)13-3-4(2-12)7(5)14(15)16/h3,8H,1H2. The first-order valence-electron chi connectivity index (χ1n) is 3.93. The number of rotatable bonds is 3. The predicted molar refractivity (Wildman–Crippen MR) is 53.2 cm³/mol. The molecule has 0 aliphatic rings. The van der Waals surface area contributed by atoms with Crippen molar-refractivity contribution in [2.75, 3.05) is 0 Å². The molecule has 1 rings (SSSR count). The quantitative estimate of drug-likeness (QED) is 0.487. The lowest BCUT2D eigenvalue weighted by Gasteiger charge is -2.06. The second kappa shape index (κ2) is 4.94. The van der Waals surface area contributed by atoms with E-state index in [1.54, 1.807) is 6.07 Å². The molecule has 0 N–H and O–H groups in total. The molecule has 0 atom stereocenters. The summed E-state index contributed by atoms with van der Waals surface area (Å²) in [5, 5.41) is 19.2. The zero-order chi connectivity index (χ0) is 12.3. The first kappa shape index (κ1) is 12.4. The normalized spacial score (nSPS) is 10.2. The monoisotopic (exact) mass is 291 g/mol. The molecule has 0 bridgehead atoms. The zero-order valence-corrected chi connectivity index (χ0v) is 9.24. The number of nitrogens with zero attached hydrogens (tertiary/aromatic N) is 3. The maximum absolute atomic E-state index is 12.5. The second-order valence-corrected chi connectivity index (χ2v) is 3.25. The van der Waals surface area contributed by atoms with Crippen LogP contribution in [0.2, 0.25) is 0 Å². The van der Waals surface area contributed by atoms with Crippen LogP contribution in [0.1, 0.15) is 23.2 Å². The van der Waals surface area contributed by atoms with Gasteiger partial charge >= 0.3 is 0 Å². The third-order valence-electron chi connectivity index (χ3n) is 1.83. The molecular formula is C8H4BrF2N3O2. The van der Waals surface area contributed by atoms with E-state index < -0.39 is 22.7 Å². The molecular weight excluding hydrogens is 288 g/mol. The lowest BCUT2D eigenvalue weighted by atomic mass is 10.1. The molecule has 8 heteroatoms. The molecule has 16 heavy (non-hydrogen) atoms. The highest BCUT2D eigenvalue weighted by Gasteiger charge is 2.27. The van der Waals surface area contributed by atoms with Gasteiger partial charge in [-0.1, -0.05) is 15.9 Å². The smallest absolute Gasteiger partial charge is 0.258 e. The van der Waals surface area contributed by atoms with Crippen molar-refractivity contribution in [1.82, 2.24) is 4.98 Å². The van der Waals surface area contributed by atoms with Gasteiger partial charge in [-0.05, 0) is 0 Å². The number of aromatic nitrogens is 1. The summed E-state index contributed by atoms with van der Waals surface area (Å²) in [6.07, 6.45) is -2.13. The van der Waals surface area contributed by atoms with Gasteiger partial charge in [-0.15, -0.1) is 0 Å². The molecule has 0 amide bonds. The molecule has 0 unspecified atom stereocenters. The summed E-state index contributed by atoms with van der Waals surface area (Å²) in [6.45, 7) is 0. The van der Waals surface area contributed by atoms with Crippen LogP contribution in [0, 0.1) is 21.4 Å². The predicted octanol–water partition coefficient (Wildman–Crippen LogP) is 2.69. The Hall–Kier alpha value is -1.62. The van der Waals surface area contributed by atoms with Crippen molar-refractivity contribution in [1.29, 1.82) is 5.26 Å². The first-order chi connectivity index (χ1) is 7.52. The molecule has 1 aromatic heterocycles. The van der Waals surface area contributed by atoms with Gasteiger partial charge < -0.3 is 0 Å². The van der Waals surface area contributed by atoms with Gasteiger partial charge in [-0.2, -0.15) is 5.26 Å². The van der Waals surface area contributed by atoms with E-state index in [1.807, 2.05) is 0 Å². The minimum Gasteiger partial charge on any atom is -0.258 e. The Kier molecular flexibility index (Phi) is 3.84. The van der Waals surface area contributed by atoms with Crippen LogP contribution in [0.25, 0.3) is 0 Å². The van der Waals surface area contributed by atoms with Gasteiger partial charge in [-0.25, -0.2) is 8.78 Å². The molecule has 0 aliphatic carbocycles. The molecule has 0 aliphatic heterocycles. The van der Waals surface area contributed by atoms with E-state index in [-0.39, 0.29) is 16.5 Å². The van der Waals surface area contributed by atoms with E-state index in [9.17, 15) is 18.9 Å². The van der Waals surface area contributed by atoms with Gasteiger partial charge in [0.15, 0.2) is 0 Å². The number of hydrogen-bond donors (Lipinski definition) is 0. The molecule has 0 saturated heterocycles. The number of nitriles is 1. The Morgan fingerprint density at radius 2 is 2.31 bits per heavy atom. The van der Waals surface area contributed by atoms with Crippen LogP contribution in [0.5, 0.6) is 0 Å². The average molecular weight is 292 g/mol. The molecule has 0 aromatic carbocycles. The maximum atomic E-state index is 12.5. The number of hydrogen-bond acceptors (Lipinski definition) is 4. The van der Waals surface area contributed by atoms with Crippen molar-refractivity contribution in [2.24, 2.45) is 0 Å². The van der Waals surface area contributed by atoms with Gasteiger partial charge in [0, 0.05) is 5.33 Å². The van der Waals surface area contributed by atoms with Crippen LogP contribution in [0.15, 0.2) is 6.20 Å². The summed E-state index contributed by atoms with van der Waals surface area (Å²) in [6, 6.07) is 1.55. The summed E-state index contributed by atoms with van der Waals surface area (Å²) in [5.41, 5.74) is -1.89. The van der Waals surface area contributed by atoms with E-state index in [0.29, 0.717) is 0 Å².